The number of hydrogen-bond acceptors (Lipinski definition) is 5. The van der Waals surface area contributed by atoms with E-state index in [0.29, 0.717) is 12.4 Å². The highest BCUT2D eigenvalue weighted by atomic mass is 16.5. The zero-order valence-electron chi connectivity index (χ0n) is 18.9. The fraction of sp³-hybridized carbons (Fsp3) is 0.320. The zero-order valence-corrected chi connectivity index (χ0v) is 18.9. The quantitative estimate of drug-likeness (QED) is 0.451. The van der Waals surface area contributed by atoms with E-state index in [0.717, 1.165) is 52.4 Å². The van der Waals surface area contributed by atoms with Crippen LogP contribution in [-0.2, 0) is 30.9 Å². The van der Waals surface area contributed by atoms with Gasteiger partial charge in [-0.2, -0.15) is 5.10 Å². The largest absolute Gasteiger partial charge is 0.496 e. The molecule has 2 aromatic carbocycles. The molecule has 8 nitrogen and oxygen atoms in total. The molecular weight excluding hydrogens is 418 g/mol. The number of ether oxygens (including phenoxy) is 2. The number of methoxy groups -OCH3 is 1. The number of nitrogens with one attached hydrogen (secondary N) is 1. The van der Waals surface area contributed by atoms with Crippen molar-refractivity contribution in [2.45, 2.75) is 45.9 Å². The third-order valence-electron chi connectivity index (χ3n) is 5.99. The van der Waals surface area contributed by atoms with Crippen LogP contribution in [0.2, 0.25) is 0 Å². The summed E-state index contributed by atoms with van der Waals surface area (Å²) in [7, 11) is 1.63. The highest BCUT2D eigenvalue weighted by Gasteiger charge is 2.16. The normalized spacial score (nSPS) is 13.0. The second-order valence-corrected chi connectivity index (χ2v) is 8.09. The Morgan fingerprint density at radius 3 is 2.88 bits per heavy atom. The molecule has 0 saturated carbocycles. The summed E-state index contributed by atoms with van der Waals surface area (Å²) < 4.78 is 15.0. The van der Waals surface area contributed by atoms with Crippen molar-refractivity contribution in [1.82, 2.24) is 19.3 Å². The number of benzene rings is 2. The van der Waals surface area contributed by atoms with Gasteiger partial charge in [0.15, 0.2) is 0 Å². The summed E-state index contributed by atoms with van der Waals surface area (Å²) in [4.78, 5) is 17.3. The van der Waals surface area contributed by atoms with Crippen LogP contribution in [0.1, 0.15) is 31.2 Å². The lowest BCUT2D eigenvalue weighted by atomic mass is 10.1. The topological polar surface area (TPSA) is 83.2 Å². The van der Waals surface area contributed by atoms with Crippen LogP contribution in [-0.4, -0.2) is 32.5 Å². The molecule has 0 spiro atoms. The zero-order chi connectivity index (χ0) is 22.8. The van der Waals surface area contributed by atoms with Crippen LogP contribution in [0.3, 0.4) is 0 Å². The first kappa shape index (κ1) is 21.1. The van der Waals surface area contributed by atoms with Crippen molar-refractivity contribution in [3.05, 3.63) is 59.9 Å². The lowest BCUT2D eigenvalue weighted by Gasteiger charge is -2.13. The molecule has 1 aliphatic rings. The molecule has 1 N–H and O–H groups in total. The molecule has 1 aliphatic heterocycles. The van der Waals surface area contributed by atoms with Gasteiger partial charge >= 0.3 is 6.09 Å². The first-order valence-corrected chi connectivity index (χ1v) is 11.3. The molecule has 3 heterocycles. The molecule has 0 radical (unpaired) electrons. The highest BCUT2D eigenvalue weighted by Crippen LogP contribution is 2.30. The van der Waals surface area contributed by atoms with E-state index in [-0.39, 0.29) is 6.61 Å². The number of carbonyl (C=O) groups is 1. The van der Waals surface area contributed by atoms with Gasteiger partial charge in [0, 0.05) is 31.1 Å². The second kappa shape index (κ2) is 8.97. The molecule has 0 bridgehead atoms. The van der Waals surface area contributed by atoms with E-state index in [4.69, 9.17) is 14.5 Å². The van der Waals surface area contributed by atoms with E-state index in [1.807, 2.05) is 49.4 Å². The van der Waals surface area contributed by atoms with Crippen LogP contribution in [0.4, 0.5) is 10.6 Å². The van der Waals surface area contributed by atoms with Crippen LogP contribution in [0.25, 0.3) is 22.3 Å². The number of aromatic nitrogens is 4. The van der Waals surface area contributed by atoms with Crippen molar-refractivity contribution in [2.24, 2.45) is 0 Å². The molecule has 0 saturated heterocycles. The number of anilines is 1. The summed E-state index contributed by atoms with van der Waals surface area (Å²) in [5, 5.41) is 7.42. The van der Waals surface area contributed by atoms with Gasteiger partial charge in [0.1, 0.15) is 24.0 Å². The standard InChI is InChI=1S/C25H27N5O3/c1-3-30-24(15-19(28-30)18-8-4-5-9-22(18)32-2)27-25(31)33-16-17-11-12-21-20(14-17)26-23-10-6-7-13-29(21)23/h4-5,8-9,11-12,14-15H,3,6-7,10,13,16H2,1-2H3,(H,27,31). The van der Waals surface area contributed by atoms with Crippen LogP contribution < -0.4 is 10.1 Å². The van der Waals surface area contributed by atoms with Crippen molar-refractivity contribution in [1.29, 1.82) is 0 Å². The number of para-hydroxylation sites is 1. The average molecular weight is 446 g/mol. The molecule has 2 aromatic heterocycles. The minimum absolute atomic E-state index is 0.170. The maximum absolute atomic E-state index is 12.5. The molecule has 1 amide bonds. The van der Waals surface area contributed by atoms with Gasteiger partial charge in [-0.25, -0.2) is 14.5 Å². The maximum Gasteiger partial charge on any atom is 0.413 e. The van der Waals surface area contributed by atoms with Crippen LogP contribution in [0.5, 0.6) is 5.75 Å². The van der Waals surface area contributed by atoms with E-state index in [9.17, 15) is 4.79 Å². The number of carbonyl (C=O) groups excluding carboxylic acids is 1. The minimum Gasteiger partial charge on any atom is -0.496 e. The second-order valence-electron chi connectivity index (χ2n) is 8.09. The van der Waals surface area contributed by atoms with E-state index in [2.05, 4.69) is 21.0 Å². The Morgan fingerprint density at radius 2 is 2.03 bits per heavy atom. The summed E-state index contributed by atoms with van der Waals surface area (Å²) in [5.41, 5.74) is 4.60. The van der Waals surface area contributed by atoms with Gasteiger partial charge in [-0.1, -0.05) is 18.2 Å². The number of imidazole rings is 1. The van der Waals surface area contributed by atoms with Crippen molar-refractivity contribution >= 4 is 22.9 Å². The Morgan fingerprint density at radius 1 is 1.15 bits per heavy atom. The molecule has 8 heteroatoms. The number of hydrogen-bond donors (Lipinski definition) is 1. The molecular formula is C25H27N5O3. The van der Waals surface area contributed by atoms with Gasteiger partial charge in [0.05, 0.1) is 23.8 Å². The molecule has 0 unspecified atom stereocenters. The third-order valence-corrected chi connectivity index (χ3v) is 5.99. The number of aryl methyl sites for hydroxylation is 3. The summed E-state index contributed by atoms with van der Waals surface area (Å²) in [6, 6.07) is 15.6. The molecule has 33 heavy (non-hydrogen) atoms. The van der Waals surface area contributed by atoms with Crippen LogP contribution >= 0.6 is 0 Å². The molecule has 0 atom stereocenters. The lowest BCUT2D eigenvalue weighted by Crippen LogP contribution is -2.16. The Balaban J connectivity index is 1.28. The molecule has 0 fully saturated rings. The Kier molecular flexibility index (Phi) is 5.73. The maximum atomic E-state index is 12.5. The first-order valence-electron chi connectivity index (χ1n) is 11.3. The lowest BCUT2D eigenvalue weighted by molar-refractivity contribution is 0.155. The minimum atomic E-state index is -0.527. The fourth-order valence-electron chi connectivity index (χ4n) is 4.34. The van der Waals surface area contributed by atoms with Gasteiger partial charge in [-0.05, 0) is 49.6 Å². The average Bonchev–Trinajstić information content (AvgIpc) is 3.43. The number of fused-ring (bicyclic) bond motifs is 3. The fourth-order valence-corrected chi connectivity index (χ4v) is 4.34. The molecule has 170 valence electrons. The van der Waals surface area contributed by atoms with Gasteiger partial charge in [-0.15, -0.1) is 0 Å². The summed E-state index contributed by atoms with van der Waals surface area (Å²) in [6.45, 7) is 3.76. The van der Waals surface area contributed by atoms with Gasteiger partial charge in [0.2, 0.25) is 0 Å². The number of rotatable bonds is 6. The third kappa shape index (κ3) is 4.16. The van der Waals surface area contributed by atoms with E-state index in [1.54, 1.807) is 11.8 Å². The van der Waals surface area contributed by atoms with E-state index < -0.39 is 6.09 Å². The van der Waals surface area contributed by atoms with Crippen molar-refractivity contribution in [3.8, 4) is 17.0 Å². The summed E-state index contributed by atoms with van der Waals surface area (Å²) in [6.07, 6.45) is 2.87. The Bertz CT molecular complexity index is 1310. The van der Waals surface area contributed by atoms with Crippen molar-refractivity contribution in [3.63, 3.8) is 0 Å². The van der Waals surface area contributed by atoms with Crippen molar-refractivity contribution in [2.75, 3.05) is 12.4 Å². The van der Waals surface area contributed by atoms with Crippen LogP contribution in [0.15, 0.2) is 48.5 Å². The summed E-state index contributed by atoms with van der Waals surface area (Å²) in [5.74, 6) is 2.44. The SMILES string of the molecule is CCn1nc(-c2ccccc2OC)cc1NC(=O)OCc1ccc2c(c1)nc1n2CCCC1. The van der Waals surface area contributed by atoms with E-state index >= 15 is 0 Å². The monoisotopic (exact) mass is 445 g/mol. The first-order chi connectivity index (χ1) is 16.2. The van der Waals surface area contributed by atoms with E-state index in [1.165, 1.54) is 12.8 Å². The molecule has 4 aromatic rings. The smallest absolute Gasteiger partial charge is 0.413 e. The Labute approximate surface area is 192 Å². The Hall–Kier alpha value is -3.81. The molecule has 0 aliphatic carbocycles. The number of nitrogens with zero attached hydrogens (tertiary/aromatic N) is 4. The summed E-state index contributed by atoms with van der Waals surface area (Å²) >= 11 is 0. The molecule has 5 rings (SSSR count). The predicted octanol–water partition coefficient (Wildman–Crippen LogP) is 5.01. The van der Waals surface area contributed by atoms with Gasteiger partial charge in [-0.3, -0.25) is 5.32 Å². The van der Waals surface area contributed by atoms with Gasteiger partial charge < -0.3 is 14.0 Å². The predicted molar refractivity (Wildman–Crippen MR) is 126 cm³/mol. The highest BCUT2D eigenvalue weighted by molar-refractivity contribution is 5.85. The van der Waals surface area contributed by atoms with Crippen molar-refractivity contribution < 1.29 is 14.3 Å². The van der Waals surface area contributed by atoms with Crippen LogP contribution in [0, 0.1) is 0 Å². The number of amides is 1. The van der Waals surface area contributed by atoms with Gasteiger partial charge in [0.25, 0.3) is 0 Å².